The molecule has 10 aromatic carbocycles. The molecule has 0 saturated carbocycles. The first-order valence-electron chi connectivity index (χ1n) is 21.8. The quantitative estimate of drug-likeness (QED) is 0.168. The fraction of sp³-hybridized carbons (Fsp3) is 0. The number of hydrogen-bond acceptors (Lipinski definition) is 2. The average molecular weight is 815 g/mol. The summed E-state index contributed by atoms with van der Waals surface area (Å²) in [7, 11) is 0. The molecule has 0 atom stereocenters. The lowest BCUT2D eigenvalue weighted by Gasteiger charge is -2.14. The zero-order chi connectivity index (χ0) is 42.1. The number of para-hydroxylation sites is 2. The average Bonchev–Trinajstić information content (AvgIpc) is 3.90. The summed E-state index contributed by atoms with van der Waals surface area (Å²) in [5.41, 5.74) is 15.4. The van der Waals surface area contributed by atoms with Gasteiger partial charge in [0.25, 0.3) is 0 Å². The van der Waals surface area contributed by atoms with Crippen molar-refractivity contribution in [3.05, 3.63) is 231 Å². The van der Waals surface area contributed by atoms with Crippen molar-refractivity contribution in [1.29, 1.82) is 0 Å². The topological polar surface area (TPSA) is 35.6 Å². The number of hydrogen-bond donors (Lipinski definition) is 0. The third kappa shape index (κ3) is 5.70. The van der Waals surface area contributed by atoms with Crippen LogP contribution in [0.15, 0.2) is 231 Å². The van der Waals surface area contributed by atoms with Gasteiger partial charge in [-0.3, -0.25) is 4.57 Å². The van der Waals surface area contributed by atoms with E-state index >= 15 is 0 Å². The summed E-state index contributed by atoms with van der Waals surface area (Å²) in [6.07, 6.45) is 0. The van der Waals surface area contributed by atoms with Gasteiger partial charge >= 0.3 is 0 Å². The normalized spacial score (nSPS) is 11.8. The van der Waals surface area contributed by atoms with E-state index in [9.17, 15) is 0 Å². The Balaban J connectivity index is 1.12. The summed E-state index contributed by atoms with van der Waals surface area (Å²) in [4.78, 5) is 11.0. The lowest BCUT2D eigenvalue weighted by molar-refractivity contribution is 1.02. The second-order valence-electron chi connectivity index (χ2n) is 16.6. The maximum Gasteiger partial charge on any atom is 0.235 e. The van der Waals surface area contributed by atoms with Gasteiger partial charge in [-0.15, -0.1) is 0 Å². The molecule has 3 heterocycles. The van der Waals surface area contributed by atoms with E-state index in [4.69, 9.17) is 9.97 Å². The maximum atomic E-state index is 5.57. The van der Waals surface area contributed by atoms with Crippen molar-refractivity contribution in [2.24, 2.45) is 0 Å². The van der Waals surface area contributed by atoms with Gasteiger partial charge in [0.05, 0.1) is 33.3 Å². The van der Waals surface area contributed by atoms with E-state index in [0.29, 0.717) is 5.95 Å². The van der Waals surface area contributed by atoms with E-state index in [0.717, 1.165) is 66.3 Å². The van der Waals surface area contributed by atoms with Gasteiger partial charge < -0.3 is 4.57 Å². The molecule has 298 valence electrons. The van der Waals surface area contributed by atoms with Crippen LogP contribution in [0, 0.1) is 0 Å². The highest BCUT2D eigenvalue weighted by atomic mass is 15.2. The van der Waals surface area contributed by atoms with Crippen LogP contribution in [0.1, 0.15) is 0 Å². The molecular formula is C60H38N4. The lowest BCUT2D eigenvalue weighted by atomic mass is 9.98. The van der Waals surface area contributed by atoms with Crippen molar-refractivity contribution in [2.45, 2.75) is 0 Å². The van der Waals surface area contributed by atoms with Crippen LogP contribution in [0.5, 0.6) is 0 Å². The van der Waals surface area contributed by atoms with Gasteiger partial charge in [0.15, 0.2) is 0 Å². The van der Waals surface area contributed by atoms with E-state index in [1.807, 2.05) is 0 Å². The molecule has 0 amide bonds. The molecule has 0 aliphatic carbocycles. The molecule has 0 N–H and O–H groups in total. The van der Waals surface area contributed by atoms with Crippen LogP contribution < -0.4 is 0 Å². The molecule has 4 heteroatoms. The number of nitrogens with zero attached hydrogens (tertiary/aromatic N) is 4. The number of rotatable bonds is 6. The second-order valence-corrected chi connectivity index (χ2v) is 16.6. The summed E-state index contributed by atoms with van der Waals surface area (Å²) >= 11 is 0. The third-order valence-corrected chi connectivity index (χ3v) is 12.9. The first-order valence-corrected chi connectivity index (χ1v) is 21.8. The van der Waals surface area contributed by atoms with E-state index in [1.54, 1.807) is 0 Å². The molecule has 0 spiro atoms. The van der Waals surface area contributed by atoms with Crippen LogP contribution in [0.25, 0.3) is 122 Å². The fourth-order valence-corrected chi connectivity index (χ4v) is 10.0. The third-order valence-electron chi connectivity index (χ3n) is 12.9. The highest BCUT2D eigenvalue weighted by Crippen LogP contribution is 2.45. The standard InChI is InChI=1S/C60H38N4/c1-4-17-39(18-5-1)43-24-16-25-44(35-43)58-49-27-12-14-29-52(49)61-60(62-58)64-55-34-33-54-56(57(55)51-32-31-42-23-10-11-26-48(42)59(51)64)50-28-13-15-30-53(50)63(54)47-37-45(40-19-6-2-7-20-40)36-46(38-47)41-21-8-3-9-22-41/h1-38H. The Morgan fingerprint density at radius 2 is 0.828 bits per heavy atom. The minimum Gasteiger partial charge on any atom is -0.309 e. The zero-order valence-electron chi connectivity index (χ0n) is 34.7. The molecule has 3 aromatic heterocycles. The van der Waals surface area contributed by atoms with Crippen molar-refractivity contribution >= 4 is 65.3 Å². The highest BCUT2D eigenvalue weighted by molar-refractivity contribution is 6.31. The van der Waals surface area contributed by atoms with Gasteiger partial charge in [-0.25, -0.2) is 9.97 Å². The first-order chi connectivity index (χ1) is 31.7. The molecule has 0 aliphatic heterocycles. The van der Waals surface area contributed by atoms with Crippen LogP contribution in [-0.2, 0) is 0 Å². The smallest absolute Gasteiger partial charge is 0.235 e. The van der Waals surface area contributed by atoms with Crippen molar-refractivity contribution in [1.82, 2.24) is 19.1 Å². The molecule has 64 heavy (non-hydrogen) atoms. The Kier molecular flexibility index (Phi) is 8.18. The van der Waals surface area contributed by atoms with Gasteiger partial charge in [-0.05, 0) is 87.3 Å². The number of aromatic nitrogens is 4. The van der Waals surface area contributed by atoms with Crippen molar-refractivity contribution < 1.29 is 0 Å². The predicted octanol–water partition coefficient (Wildman–Crippen LogP) is 15.6. The number of fused-ring (bicyclic) bond motifs is 10. The second kappa shape index (κ2) is 14.5. The summed E-state index contributed by atoms with van der Waals surface area (Å²) in [6, 6.07) is 82.8. The summed E-state index contributed by atoms with van der Waals surface area (Å²) in [5, 5.41) is 8.07. The Morgan fingerprint density at radius 3 is 1.55 bits per heavy atom. The monoisotopic (exact) mass is 814 g/mol. The molecular weight excluding hydrogens is 777 g/mol. The van der Waals surface area contributed by atoms with Gasteiger partial charge in [0.2, 0.25) is 5.95 Å². The first kappa shape index (κ1) is 36.1. The summed E-state index contributed by atoms with van der Waals surface area (Å²) < 4.78 is 4.77. The molecule has 13 rings (SSSR count). The van der Waals surface area contributed by atoms with E-state index in [2.05, 4.69) is 240 Å². The van der Waals surface area contributed by atoms with Crippen LogP contribution in [0.3, 0.4) is 0 Å². The summed E-state index contributed by atoms with van der Waals surface area (Å²) in [6.45, 7) is 0. The van der Waals surface area contributed by atoms with Gasteiger partial charge in [0, 0.05) is 43.6 Å². The Morgan fingerprint density at radius 1 is 0.297 bits per heavy atom. The van der Waals surface area contributed by atoms with Gasteiger partial charge in [0.1, 0.15) is 0 Å². The fourth-order valence-electron chi connectivity index (χ4n) is 10.0. The molecule has 0 unspecified atom stereocenters. The van der Waals surface area contributed by atoms with Crippen LogP contribution >= 0.6 is 0 Å². The largest absolute Gasteiger partial charge is 0.309 e. The lowest BCUT2D eigenvalue weighted by Crippen LogP contribution is -2.04. The van der Waals surface area contributed by atoms with Crippen molar-refractivity contribution in [3.63, 3.8) is 0 Å². The van der Waals surface area contributed by atoms with Crippen LogP contribution in [0.4, 0.5) is 0 Å². The van der Waals surface area contributed by atoms with Crippen LogP contribution in [0.2, 0.25) is 0 Å². The van der Waals surface area contributed by atoms with E-state index in [-0.39, 0.29) is 0 Å². The molecule has 4 nitrogen and oxygen atoms in total. The Labute approximate surface area is 369 Å². The minimum atomic E-state index is 0.640. The van der Waals surface area contributed by atoms with Crippen molar-refractivity contribution in [2.75, 3.05) is 0 Å². The Hall–Kier alpha value is -8.60. The van der Waals surface area contributed by atoms with E-state index < -0.39 is 0 Å². The van der Waals surface area contributed by atoms with Crippen LogP contribution in [-0.4, -0.2) is 19.1 Å². The SMILES string of the molecule is c1ccc(-c2cccc(-c3nc(-n4c5ccc6c(c7ccccc7n6-c6cc(-c7ccccc7)cc(-c7ccccc7)c6)c5c5ccc6ccccc6c54)nc4ccccc34)c2)cc1. The molecule has 0 fully saturated rings. The van der Waals surface area contributed by atoms with E-state index in [1.165, 1.54) is 49.4 Å². The molecule has 0 saturated heterocycles. The molecule has 0 aliphatic rings. The zero-order valence-corrected chi connectivity index (χ0v) is 34.7. The number of benzene rings is 10. The molecule has 13 aromatic rings. The predicted molar refractivity (Wildman–Crippen MR) is 267 cm³/mol. The van der Waals surface area contributed by atoms with Gasteiger partial charge in [-0.1, -0.05) is 182 Å². The summed E-state index contributed by atoms with van der Waals surface area (Å²) in [5.74, 6) is 0.640. The minimum absolute atomic E-state index is 0.640. The highest BCUT2D eigenvalue weighted by Gasteiger charge is 2.24. The Bertz CT molecular complexity index is 3880. The van der Waals surface area contributed by atoms with Gasteiger partial charge in [-0.2, -0.15) is 0 Å². The van der Waals surface area contributed by atoms with Crippen molar-refractivity contribution in [3.8, 4) is 56.3 Å². The maximum absolute atomic E-state index is 5.57. The molecule has 0 bridgehead atoms. The molecule has 0 radical (unpaired) electrons.